The fraction of sp³-hybridized carbons (Fsp3) is 0.500. The normalized spacial score (nSPS) is 15.2. The van der Waals surface area contributed by atoms with Crippen molar-refractivity contribution in [2.24, 2.45) is 0 Å². The van der Waals surface area contributed by atoms with Crippen LogP contribution in [-0.4, -0.2) is 47.9 Å². The summed E-state index contributed by atoms with van der Waals surface area (Å²) in [7, 11) is 0. The van der Waals surface area contributed by atoms with Crippen molar-refractivity contribution in [3.8, 4) is 11.8 Å². The summed E-state index contributed by atoms with van der Waals surface area (Å²) in [5.41, 5.74) is 0.662. The Bertz CT molecular complexity index is 418. The fourth-order valence-corrected chi connectivity index (χ4v) is 1.67. The van der Waals surface area contributed by atoms with Gasteiger partial charge in [0.15, 0.2) is 0 Å². The predicted octanol–water partition coefficient (Wildman–Crippen LogP) is -0.380. The van der Waals surface area contributed by atoms with Crippen LogP contribution in [0.3, 0.4) is 0 Å². The van der Waals surface area contributed by atoms with Gasteiger partial charge in [-0.25, -0.2) is 4.98 Å². The molecule has 2 rings (SSSR count). The van der Waals surface area contributed by atoms with E-state index >= 15 is 0 Å². The van der Waals surface area contributed by atoms with Gasteiger partial charge in [-0.15, -0.1) is 0 Å². The number of aliphatic hydroxyl groups excluding tert-OH is 1. The third-order valence-electron chi connectivity index (χ3n) is 2.52. The predicted molar refractivity (Wildman–Crippen MR) is 65.7 cm³/mol. The lowest BCUT2D eigenvalue weighted by atomic mass is 10.3. The Morgan fingerprint density at radius 3 is 2.94 bits per heavy atom. The van der Waals surface area contributed by atoms with Gasteiger partial charge >= 0.3 is 0 Å². The zero-order chi connectivity index (χ0) is 11.9. The highest BCUT2D eigenvalue weighted by molar-refractivity contribution is 5.40. The van der Waals surface area contributed by atoms with Gasteiger partial charge < -0.3 is 15.3 Å². The van der Waals surface area contributed by atoms with Gasteiger partial charge in [-0.1, -0.05) is 5.92 Å². The van der Waals surface area contributed by atoms with Crippen LogP contribution in [0.15, 0.2) is 12.4 Å². The summed E-state index contributed by atoms with van der Waals surface area (Å²) in [4.78, 5) is 10.8. The minimum Gasteiger partial charge on any atom is -0.395 e. The van der Waals surface area contributed by atoms with Gasteiger partial charge in [-0.3, -0.25) is 4.98 Å². The van der Waals surface area contributed by atoms with Crippen molar-refractivity contribution in [3.63, 3.8) is 0 Å². The average molecular weight is 232 g/mol. The van der Waals surface area contributed by atoms with E-state index in [1.165, 1.54) is 0 Å². The summed E-state index contributed by atoms with van der Waals surface area (Å²) in [6.07, 6.45) is 3.89. The molecule has 0 saturated carbocycles. The third kappa shape index (κ3) is 3.41. The number of aromatic nitrogens is 2. The first-order valence-electron chi connectivity index (χ1n) is 5.77. The lowest BCUT2D eigenvalue weighted by Crippen LogP contribution is -2.44. The van der Waals surface area contributed by atoms with Crippen LogP contribution in [-0.2, 0) is 0 Å². The molecule has 0 aliphatic carbocycles. The van der Waals surface area contributed by atoms with Crippen LogP contribution in [0, 0.1) is 11.8 Å². The standard InChI is InChI=1S/C12H16N4O/c17-8-2-1-3-11-9-14-10-12(15-11)16-6-4-13-5-7-16/h9-10,13,17H,2,4-8H2. The lowest BCUT2D eigenvalue weighted by Gasteiger charge is -2.27. The number of piperazine rings is 1. The Morgan fingerprint density at radius 1 is 1.35 bits per heavy atom. The van der Waals surface area contributed by atoms with E-state index in [9.17, 15) is 0 Å². The molecule has 5 heteroatoms. The zero-order valence-corrected chi connectivity index (χ0v) is 9.69. The Labute approximate surface area is 101 Å². The van der Waals surface area contributed by atoms with Crippen molar-refractivity contribution >= 4 is 5.82 Å². The first-order chi connectivity index (χ1) is 8.40. The van der Waals surface area contributed by atoms with Gasteiger partial charge in [0, 0.05) is 32.6 Å². The summed E-state index contributed by atoms with van der Waals surface area (Å²) < 4.78 is 0. The molecule has 1 saturated heterocycles. The number of hydrogen-bond acceptors (Lipinski definition) is 5. The maximum absolute atomic E-state index is 8.65. The monoisotopic (exact) mass is 232 g/mol. The summed E-state index contributed by atoms with van der Waals surface area (Å²) in [6.45, 7) is 3.92. The second kappa shape index (κ2) is 6.18. The molecule has 17 heavy (non-hydrogen) atoms. The first-order valence-corrected chi connectivity index (χ1v) is 5.77. The van der Waals surface area contributed by atoms with E-state index in [2.05, 4.69) is 32.0 Å². The van der Waals surface area contributed by atoms with Gasteiger partial charge in [0.1, 0.15) is 11.5 Å². The Hall–Kier alpha value is -1.64. The Balaban J connectivity index is 2.08. The van der Waals surface area contributed by atoms with Crippen molar-refractivity contribution in [1.82, 2.24) is 15.3 Å². The van der Waals surface area contributed by atoms with Crippen LogP contribution in [0.25, 0.3) is 0 Å². The smallest absolute Gasteiger partial charge is 0.148 e. The van der Waals surface area contributed by atoms with Crippen molar-refractivity contribution < 1.29 is 5.11 Å². The van der Waals surface area contributed by atoms with Crippen LogP contribution < -0.4 is 10.2 Å². The van der Waals surface area contributed by atoms with E-state index < -0.39 is 0 Å². The van der Waals surface area contributed by atoms with E-state index in [-0.39, 0.29) is 6.61 Å². The quantitative estimate of drug-likeness (QED) is 0.681. The lowest BCUT2D eigenvalue weighted by molar-refractivity contribution is 0.305. The highest BCUT2D eigenvalue weighted by atomic mass is 16.2. The molecule has 2 N–H and O–H groups in total. The molecule has 2 heterocycles. The highest BCUT2D eigenvalue weighted by Crippen LogP contribution is 2.09. The summed E-state index contributed by atoms with van der Waals surface area (Å²) in [6, 6.07) is 0. The first kappa shape index (κ1) is 11.8. The topological polar surface area (TPSA) is 61.3 Å². The largest absolute Gasteiger partial charge is 0.395 e. The van der Waals surface area contributed by atoms with E-state index in [0.717, 1.165) is 32.0 Å². The third-order valence-corrected chi connectivity index (χ3v) is 2.52. The molecule has 1 fully saturated rings. The van der Waals surface area contributed by atoms with Crippen LogP contribution in [0.2, 0.25) is 0 Å². The van der Waals surface area contributed by atoms with Crippen molar-refractivity contribution in [2.45, 2.75) is 6.42 Å². The number of nitrogens with zero attached hydrogens (tertiary/aromatic N) is 3. The molecule has 0 bridgehead atoms. The van der Waals surface area contributed by atoms with Gasteiger partial charge in [0.25, 0.3) is 0 Å². The molecule has 0 atom stereocenters. The molecule has 90 valence electrons. The van der Waals surface area contributed by atoms with Crippen molar-refractivity contribution in [1.29, 1.82) is 0 Å². The summed E-state index contributed by atoms with van der Waals surface area (Å²) >= 11 is 0. The van der Waals surface area contributed by atoms with E-state index in [0.29, 0.717) is 12.1 Å². The van der Waals surface area contributed by atoms with Crippen LogP contribution in [0.5, 0.6) is 0 Å². The molecule has 5 nitrogen and oxygen atoms in total. The maximum Gasteiger partial charge on any atom is 0.148 e. The van der Waals surface area contributed by atoms with Crippen LogP contribution in [0.1, 0.15) is 12.1 Å². The summed E-state index contributed by atoms with van der Waals surface area (Å²) in [5.74, 6) is 6.62. The van der Waals surface area contributed by atoms with Crippen LogP contribution in [0.4, 0.5) is 5.82 Å². The van der Waals surface area contributed by atoms with Crippen LogP contribution >= 0.6 is 0 Å². The number of hydrogen-bond donors (Lipinski definition) is 2. The SMILES string of the molecule is OCCC#Cc1cncc(N2CCNCC2)n1. The minimum absolute atomic E-state index is 0.0813. The molecule has 0 spiro atoms. The molecule has 0 unspecified atom stereocenters. The van der Waals surface area contributed by atoms with Gasteiger partial charge in [0.2, 0.25) is 0 Å². The second-order valence-corrected chi connectivity index (χ2v) is 3.77. The average Bonchev–Trinajstić information content (AvgIpc) is 2.41. The fourth-order valence-electron chi connectivity index (χ4n) is 1.67. The number of rotatable bonds is 2. The highest BCUT2D eigenvalue weighted by Gasteiger charge is 2.11. The molecule has 1 aliphatic rings. The molecular weight excluding hydrogens is 216 g/mol. The van der Waals surface area contributed by atoms with Crippen molar-refractivity contribution in [3.05, 3.63) is 18.1 Å². The van der Waals surface area contributed by atoms with E-state index in [1.807, 2.05) is 0 Å². The second-order valence-electron chi connectivity index (χ2n) is 3.77. The number of anilines is 1. The number of nitrogens with one attached hydrogen (secondary N) is 1. The van der Waals surface area contributed by atoms with Gasteiger partial charge in [-0.2, -0.15) is 0 Å². The van der Waals surface area contributed by atoms with Gasteiger partial charge in [-0.05, 0) is 5.92 Å². The summed E-state index contributed by atoms with van der Waals surface area (Å²) in [5, 5.41) is 11.9. The Kier molecular flexibility index (Phi) is 4.30. The molecule has 0 radical (unpaired) electrons. The molecule has 0 amide bonds. The maximum atomic E-state index is 8.65. The van der Waals surface area contributed by atoms with E-state index in [4.69, 9.17) is 5.11 Å². The van der Waals surface area contributed by atoms with E-state index in [1.54, 1.807) is 12.4 Å². The molecule has 1 aliphatic heterocycles. The van der Waals surface area contributed by atoms with Crippen molar-refractivity contribution in [2.75, 3.05) is 37.7 Å². The van der Waals surface area contributed by atoms with Gasteiger partial charge in [0.05, 0.1) is 19.0 Å². The Morgan fingerprint density at radius 2 is 2.18 bits per heavy atom. The minimum atomic E-state index is 0.0813. The molecule has 0 aromatic carbocycles. The molecular formula is C12H16N4O. The molecule has 1 aromatic rings. The zero-order valence-electron chi connectivity index (χ0n) is 9.69. The molecule has 1 aromatic heterocycles. The number of aliphatic hydroxyl groups is 1.